The van der Waals surface area contributed by atoms with Gasteiger partial charge in [0.15, 0.2) is 0 Å². The summed E-state index contributed by atoms with van der Waals surface area (Å²) in [6.45, 7) is 4.97. The fourth-order valence-corrected chi connectivity index (χ4v) is 1.56. The molecule has 1 heterocycles. The topological polar surface area (TPSA) is 59.3 Å². The molecule has 98 valence electrons. The first-order chi connectivity index (χ1) is 7.94. The average Bonchev–Trinajstić information content (AvgIpc) is 2.70. The molecule has 1 aromatic heterocycles. The molecule has 0 fully saturated rings. The number of nitrogens with zero attached hydrogens (tertiary/aromatic N) is 2. The lowest BCUT2D eigenvalue weighted by Crippen LogP contribution is -2.39. The molecule has 0 aliphatic rings. The molecule has 0 bridgehead atoms. The quantitative estimate of drug-likeness (QED) is 0.743. The molecule has 1 rings (SSSR count). The Morgan fingerprint density at radius 2 is 2.35 bits per heavy atom. The summed E-state index contributed by atoms with van der Waals surface area (Å²) in [6, 6.07) is 0.178. The van der Waals surface area contributed by atoms with Gasteiger partial charge in [-0.15, -0.1) is 0 Å². The Labute approximate surface area is 103 Å². The van der Waals surface area contributed by atoms with E-state index >= 15 is 0 Å². The first kappa shape index (κ1) is 14.2. The van der Waals surface area contributed by atoms with Gasteiger partial charge in [0.25, 0.3) is 0 Å². The van der Waals surface area contributed by atoms with Crippen LogP contribution in [0.3, 0.4) is 0 Å². The Bertz CT molecular complexity index is 336. The molecule has 5 nitrogen and oxygen atoms in total. The van der Waals surface area contributed by atoms with Crippen molar-refractivity contribution >= 4 is 0 Å². The molecule has 0 spiro atoms. The van der Waals surface area contributed by atoms with E-state index in [2.05, 4.69) is 17.3 Å². The van der Waals surface area contributed by atoms with Crippen molar-refractivity contribution in [1.82, 2.24) is 15.1 Å². The van der Waals surface area contributed by atoms with Gasteiger partial charge in [-0.3, -0.25) is 4.68 Å². The highest BCUT2D eigenvalue weighted by atomic mass is 16.5. The number of aromatic nitrogens is 2. The highest BCUT2D eigenvalue weighted by molar-refractivity contribution is 5.09. The number of aryl methyl sites for hydroxylation is 1. The van der Waals surface area contributed by atoms with Crippen LogP contribution in [0, 0.1) is 0 Å². The molecule has 2 unspecified atom stereocenters. The van der Waals surface area contributed by atoms with Gasteiger partial charge in [-0.05, 0) is 13.8 Å². The fraction of sp³-hybridized carbons (Fsp3) is 0.750. The van der Waals surface area contributed by atoms with Crippen molar-refractivity contribution in [1.29, 1.82) is 0 Å². The molecule has 0 aliphatic carbocycles. The predicted octanol–water partition coefficient (Wildman–Crippen LogP) is 0.858. The van der Waals surface area contributed by atoms with Gasteiger partial charge in [0.05, 0.1) is 11.8 Å². The largest absolute Gasteiger partial charge is 0.389 e. The van der Waals surface area contributed by atoms with E-state index in [0.29, 0.717) is 19.6 Å². The summed E-state index contributed by atoms with van der Waals surface area (Å²) in [7, 11) is 3.53. The number of hydrogen-bond donors (Lipinski definition) is 2. The van der Waals surface area contributed by atoms with Crippen LogP contribution in [-0.2, 0) is 11.8 Å². The number of hydrogen-bond acceptors (Lipinski definition) is 4. The third-order valence-electron chi connectivity index (χ3n) is 2.86. The maximum atomic E-state index is 10.1. The van der Waals surface area contributed by atoms with Crippen molar-refractivity contribution < 1.29 is 9.84 Å². The van der Waals surface area contributed by atoms with Gasteiger partial charge >= 0.3 is 0 Å². The van der Waals surface area contributed by atoms with E-state index in [4.69, 9.17) is 4.74 Å². The maximum absolute atomic E-state index is 10.1. The summed E-state index contributed by atoms with van der Waals surface area (Å²) < 4.78 is 6.75. The van der Waals surface area contributed by atoms with Crippen LogP contribution in [0.4, 0.5) is 0 Å². The second-order valence-electron chi connectivity index (χ2n) is 4.79. The van der Waals surface area contributed by atoms with Crippen LogP contribution >= 0.6 is 0 Å². The van der Waals surface area contributed by atoms with Gasteiger partial charge in [0.2, 0.25) is 0 Å². The third kappa shape index (κ3) is 4.85. The number of methoxy groups -OCH3 is 1. The van der Waals surface area contributed by atoms with Gasteiger partial charge in [-0.1, -0.05) is 0 Å². The van der Waals surface area contributed by atoms with Crippen LogP contribution in [-0.4, -0.2) is 40.7 Å². The Morgan fingerprint density at radius 3 is 2.88 bits per heavy atom. The Kier molecular flexibility index (Phi) is 5.11. The lowest BCUT2D eigenvalue weighted by Gasteiger charge is -2.25. The van der Waals surface area contributed by atoms with Gasteiger partial charge < -0.3 is 15.2 Å². The summed E-state index contributed by atoms with van der Waals surface area (Å²) in [4.78, 5) is 0. The van der Waals surface area contributed by atoms with E-state index < -0.39 is 5.60 Å². The first-order valence-corrected chi connectivity index (χ1v) is 5.88. The minimum absolute atomic E-state index is 0.178. The first-order valence-electron chi connectivity index (χ1n) is 5.88. The molecule has 0 amide bonds. The summed E-state index contributed by atoms with van der Waals surface area (Å²) in [5.41, 5.74) is 0.377. The molecule has 0 aliphatic heterocycles. The van der Waals surface area contributed by atoms with Gasteiger partial charge in [0, 0.05) is 51.5 Å². The highest BCUT2D eigenvalue weighted by Gasteiger charge is 2.21. The molecule has 0 saturated carbocycles. The minimum Gasteiger partial charge on any atom is -0.389 e. The molecule has 2 atom stereocenters. The summed E-state index contributed by atoms with van der Waals surface area (Å²) in [5, 5.41) is 17.5. The van der Waals surface area contributed by atoms with E-state index in [1.54, 1.807) is 11.8 Å². The van der Waals surface area contributed by atoms with Gasteiger partial charge in [-0.25, -0.2) is 0 Å². The number of aliphatic hydroxyl groups is 1. The molecular weight excluding hydrogens is 218 g/mol. The van der Waals surface area contributed by atoms with Crippen LogP contribution in [0.5, 0.6) is 0 Å². The van der Waals surface area contributed by atoms with Gasteiger partial charge in [0.1, 0.15) is 0 Å². The monoisotopic (exact) mass is 241 g/mol. The molecule has 0 radical (unpaired) electrons. The van der Waals surface area contributed by atoms with Gasteiger partial charge in [-0.2, -0.15) is 5.10 Å². The number of nitrogens with one attached hydrogen (secondary N) is 1. The van der Waals surface area contributed by atoms with Crippen molar-refractivity contribution in [3.8, 4) is 0 Å². The van der Waals surface area contributed by atoms with Crippen LogP contribution < -0.4 is 5.32 Å². The second kappa shape index (κ2) is 6.14. The van der Waals surface area contributed by atoms with Crippen LogP contribution in [0.2, 0.25) is 0 Å². The molecule has 2 N–H and O–H groups in total. The zero-order valence-electron chi connectivity index (χ0n) is 11.1. The van der Waals surface area contributed by atoms with Crippen molar-refractivity contribution in [3.63, 3.8) is 0 Å². The SMILES string of the molecule is COCCC(C)(O)CNC(C)c1cnn(C)c1. The molecule has 0 aromatic carbocycles. The Morgan fingerprint density at radius 1 is 1.65 bits per heavy atom. The third-order valence-corrected chi connectivity index (χ3v) is 2.86. The van der Waals surface area contributed by atoms with Crippen molar-refractivity contribution in [2.75, 3.05) is 20.3 Å². The zero-order valence-corrected chi connectivity index (χ0v) is 11.1. The normalized spacial score (nSPS) is 16.8. The lowest BCUT2D eigenvalue weighted by atomic mass is 10.0. The maximum Gasteiger partial charge on any atom is 0.0765 e. The predicted molar refractivity (Wildman–Crippen MR) is 66.7 cm³/mol. The minimum atomic E-state index is -0.744. The molecule has 17 heavy (non-hydrogen) atoms. The molecule has 0 saturated heterocycles. The zero-order chi connectivity index (χ0) is 12.9. The number of ether oxygens (including phenoxy) is 1. The average molecular weight is 241 g/mol. The van der Waals surface area contributed by atoms with E-state index in [-0.39, 0.29) is 6.04 Å². The molecular formula is C12H23N3O2. The smallest absolute Gasteiger partial charge is 0.0765 e. The fourth-order valence-electron chi connectivity index (χ4n) is 1.56. The summed E-state index contributed by atoms with van der Waals surface area (Å²) in [5.74, 6) is 0. The van der Waals surface area contributed by atoms with E-state index in [9.17, 15) is 5.11 Å². The lowest BCUT2D eigenvalue weighted by molar-refractivity contribution is 0.0231. The highest BCUT2D eigenvalue weighted by Crippen LogP contribution is 2.13. The Balaban J connectivity index is 2.39. The molecule has 1 aromatic rings. The Hall–Kier alpha value is -0.910. The van der Waals surface area contributed by atoms with E-state index in [0.717, 1.165) is 5.56 Å². The van der Waals surface area contributed by atoms with Crippen LogP contribution in [0.25, 0.3) is 0 Å². The van der Waals surface area contributed by atoms with Crippen molar-refractivity contribution in [2.45, 2.75) is 31.9 Å². The summed E-state index contributed by atoms with van der Waals surface area (Å²) >= 11 is 0. The number of rotatable bonds is 7. The second-order valence-corrected chi connectivity index (χ2v) is 4.79. The van der Waals surface area contributed by atoms with Crippen LogP contribution in [0.15, 0.2) is 12.4 Å². The van der Waals surface area contributed by atoms with Crippen molar-refractivity contribution in [2.24, 2.45) is 7.05 Å². The summed E-state index contributed by atoms with van der Waals surface area (Å²) in [6.07, 6.45) is 4.43. The molecule has 5 heteroatoms. The van der Waals surface area contributed by atoms with E-state index in [1.165, 1.54) is 0 Å². The van der Waals surface area contributed by atoms with E-state index in [1.807, 2.05) is 26.4 Å². The van der Waals surface area contributed by atoms with Crippen LogP contribution in [0.1, 0.15) is 31.9 Å². The van der Waals surface area contributed by atoms with Crippen molar-refractivity contribution in [3.05, 3.63) is 18.0 Å². The standard InChI is InChI=1S/C12H23N3O2/c1-10(11-7-14-15(3)8-11)13-9-12(2,16)5-6-17-4/h7-8,10,13,16H,5-6,9H2,1-4H3.